The summed E-state index contributed by atoms with van der Waals surface area (Å²) in [5.41, 5.74) is 2.80. The molecule has 2 amide bonds. The number of halogens is 1. The van der Waals surface area contributed by atoms with E-state index in [9.17, 15) is 18.0 Å². The Morgan fingerprint density at radius 3 is 2.00 bits per heavy atom. The topological polar surface area (TPSA) is 96.0 Å². The van der Waals surface area contributed by atoms with Gasteiger partial charge in [0.25, 0.3) is 10.0 Å². The van der Waals surface area contributed by atoms with Crippen LogP contribution < -0.4 is 14.4 Å². The van der Waals surface area contributed by atoms with E-state index >= 15 is 0 Å². The highest BCUT2D eigenvalue weighted by atomic mass is 79.9. The van der Waals surface area contributed by atoms with Crippen LogP contribution in [0.25, 0.3) is 0 Å². The van der Waals surface area contributed by atoms with E-state index in [1.54, 1.807) is 36.4 Å². The van der Waals surface area contributed by atoms with Crippen LogP contribution in [0.4, 0.5) is 5.69 Å². The summed E-state index contributed by atoms with van der Waals surface area (Å²) in [6, 6.07) is 38.2. The van der Waals surface area contributed by atoms with Crippen LogP contribution in [0, 0.1) is 6.92 Å². The van der Waals surface area contributed by atoms with Crippen molar-refractivity contribution in [2.24, 2.45) is 0 Å². The standard InChI is InChI=1S/C38H36BrN3O5S/c1-28-16-22-35(23-17-28)48(45,46)42(32-18-20-34(21-19-32)47-33-14-7-4-8-15-33)27-37(43)41(26-30-12-9-13-31(39)24-30)36(38(44)40-2)25-29-10-5-3-6-11-29/h3-24,36H,25-27H2,1-2H3,(H,40,44)/t36-/m1/s1. The number of carbonyl (C=O) groups is 2. The van der Waals surface area contributed by atoms with Gasteiger partial charge < -0.3 is 15.0 Å². The number of hydrogen-bond donors (Lipinski definition) is 1. The van der Waals surface area contributed by atoms with E-state index in [0.717, 1.165) is 25.5 Å². The average Bonchev–Trinajstić information content (AvgIpc) is 3.10. The smallest absolute Gasteiger partial charge is 0.264 e. The molecule has 0 aromatic heterocycles. The fourth-order valence-corrected chi connectivity index (χ4v) is 7.08. The molecule has 5 rings (SSSR count). The number of sulfonamides is 1. The van der Waals surface area contributed by atoms with E-state index in [1.807, 2.05) is 91.9 Å². The second kappa shape index (κ2) is 15.8. The predicted molar refractivity (Wildman–Crippen MR) is 191 cm³/mol. The van der Waals surface area contributed by atoms with Crippen LogP contribution in [-0.4, -0.2) is 44.8 Å². The molecule has 8 nitrogen and oxygen atoms in total. The summed E-state index contributed by atoms with van der Waals surface area (Å²) in [7, 11) is -2.70. The van der Waals surface area contributed by atoms with Crippen LogP contribution in [0.1, 0.15) is 16.7 Å². The van der Waals surface area contributed by atoms with Gasteiger partial charge in [0.1, 0.15) is 24.1 Å². The summed E-state index contributed by atoms with van der Waals surface area (Å²) in [6.45, 7) is 1.39. The van der Waals surface area contributed by atoms with E-state index in [2.05, 4.69) is 21.2 Å². The lowest BCUT2D eigenvalue weighted by molar-refractivity contribution is -0.139. The highest BCUT2D eigenvalue weighted by Gasteiger charge is 2.34. The monoisotopic (exact) mass is 725 g/mol. The molecule has 246 valence electrons. The fraction of sp³-hybridized carbons (Fsp3) is 0.158. The molecule has 5 aromatic carbocycles. The zero-order chi connectivity index (χ0) is 34.1. The number of anilines is 1. The largest absolute Gasteiger partial charge is 0.457 e. The van der Waals surface area contributed by atoms with Crippen LogP contribution in [0.2, 0.25) is 0 Å². The van der Waals surface area contributed by atoms with Crippen molar-refractivity contribution in [1.29, 1.82) is 0 Å². The highest BCUT2D eigenvalue weighted by Crippen LogP contribution is 2.29. The zero-order valence-electron chi connectivity index (χ0n) is 26.6. The van der Waals surface area contributed by atoms with Crippen LogP contribution in [0.15, 0.2) is 143 Å². The lowest BCUT2D eigenvalue weighted by Gasteiger charge is -2.33. The number of likely N-dealkylation sites (N-methyl/N-ethyl adjacent to an activating group) is 1. The Bertz CT molecular complexity index is 1940. The number of ether oxygens (including phenoxy) is 1. The molecule has 0 saturated carbocycles. The molecule has 0 saturated heterocycles. The summed E-state index contributed by atoms with van der Waals surface area (Å²) in [6.07, 6.45) is 0.233. The lowest BCUT2D eigenvalue weighted by atomic mass is 10.0. The van der Waals surface area contributed by atoms with Crippen molar-refractivity contribution in [3.8, 4) is 11.5 Å². The van der Waals surface area contributed by atoms with Crippen molar-refractivity contribution in [2.45, 2.75) is 30.8 Å². The van der Waals surface area contributed by atoms with Gasteiger partial charge >= 0.3 is 0 Å². The molecule has 0 fully saturated rings. The Balaban J connectivity index is 1.54. The highest BCUT2D eigenvalue weighted by molar-refractivity contribution is 9.10. The van der Waals surface area contributed by atoms with E-state index in [0.29, 0.717) is 11.5 Å². The average molecular weight is 727 g/mol. The molecule has 0 aliphatic heterocycles. The third-order valence-electron chi connectivity index (χ3n) is 7.75. The summed E-state index contributed by atoms with van der Waals surface area (Å²) >= 11 is 3.50. The van der Waals surface area contributed by atoms with Crippen molar-refractivity contribution < 1.29 is 22.7 Å². The molecule has 1 atom stereocenters. The fourth-order valence-electron chi connectivity index (χ4n) is 5.22. The van der Waals surface area contributed by atoms with Crippen LogP contribution in [-0.2, 0) is 32.6 Å². The van der Waals surface area contributed by atoms with Crippen molar-refractivity contribution in [2.75, 3.05) is 17.9 Å². The molecule has 0 bridgehead atoms. The molecule has 0 radical (unpaired) electrons. The second-order valence-corrected chi connectivity index (χ2v) is 14.0. The number of rotatable bonds is 13. The van der Waals surface area contributed by atoms with Gasteiger partial charge in [-0.05, 0) is 78.7 Å². The first-order chi connectivity index (χ1) is 23.1. The number of amides is 2. The van der Waals surface area contributed by atoms with E-state index in [1.165, 1.54) is 24.1 Å². The number of carbonyl (C=O) groups excluding carboxylic acids is 2. The first kappa shape index (κ1) is 34.4. The molecule has 0 heterocycles. The van der Waals surface area contributed by atoms with Crippen molar-refractivity contribution >= 4 is 43.5 Å². The Morgan fingerprint density at radius 2 is 1.38 bits per heavy atom. The molecule has 48 heavy (non-hydrogen) atoms. The van der Waals surface area contributed by atoms with Gasteiger partial charge in [-0.1, -0.05) is 94.3 Å². The second-order valence-electron chi connectivity index (χ2n) is 11.2. The molecule has 5 aromatic rings. The van der Waals surface area contributed by atoms with Gasteiger partial charge in [0, 0.05) is 24.5 Å². The Hall–Kier alpha value is -4.93. The van der Waals surface area contributed by atoms with Crippen LogP contribution in [0.3, 0.4) is 0 Å². The first-order valence-corrected chi connectivity index (χ1v) is 17.6. The SMILES string of the molecule is CNC(=O)[C@@H](Cc1ccccc1)N(Cc1cccc(Br)c1)C(=O)CN(c1ccc(Oc2ccccc2)cc1)S(=O)(=O)c1ccc(C)cc1. The summed E-state index contributed by atoms with van der Waals surface area (Å²) in [5.74, 6) is 0.228. The van der Waals surface area contributed by atoms with Gasteiger partial charge in [-0.15, -0.1) is 0 Å². The van der Waals surface area contributed by atoms with Gasteiger partial charge in [0.15, 0.2) is 0 Å². The predicted octanol–water partition coefficient (Wildman–Crippen LogP) is 7.13. The maximum atomic E-state index is 14.5. The number of hydrogen-bond acceptors (Lipinski definition) is 5. The minimum Gasteiger partial charge on any atom is -0.457 e. The molecular formula is C38H36BrN3O5S. The molecule has 0 aliphatic rings. The van der Waals surface area contributed by atoms with E-state index < -0.39 is 28.5 Å². The quantitative estimate of drug-likeness (QED) is 0.139. The van der Waals surface area contributed by atoms with Crippen LogP contribution >= 0.6 is 15.9 Å². The molecule has 0 spiro atoms. The van der Waals surface area contributed by atoms with Gasteiger partial charge in [-0.2, -0.15) is 0 Å². The normalized spacial score (nSPS) is 11.7. The maximum absolute atomic E-state index is 14.5. The number of nitrogens with zero attached hydrogens (tertiary/aromatic N) is 2. The van der Waals surface area contributed by atoms with Gasteiger partial charge in [0.05, 0.1) is 10.6 Å². The van der Waals surface area contributed by atoms with Crippen LogP contribution in [0.5, 0.6) is 11.5 Å². The summed E-state index contributed by atoms with van der Waals surface area (Å²) in [4.78, 5) is 29.5. The number of para-hydroxylation sites is 1. The lowest BCUT2D eigenvalue weighted by Crippen LogP contribution is -2.53. The minimum atomic E-state index is -4.22. The number of aryl methyl sites for hydroxylation is 1. The van der Waals surface area contributed by atoms with E-state index in [4.69, 9.17) is 4.74 Å². The molecular weight excluding hydrogens is 690 g/mol. The van der Waals surface area contributed by atoms with Crippen molar-refractivity contribution in [3.63, 3.8) is 0 Å². The molecule has 1 N–H and O–H groups in total. The van der Waals surface area contributed by atoms with Crippen molar-refractivity contribution in [3.05, 3.63) is 155 Å². The third-order valence-corrected chi connectivity index (χ3v) is 10.0. The first-order valence-electron chi connectivity index (χ1n) is 15.4. The summed E-state index contributed by atoms with van der Waals surface area (Å²) in [5, 5.41) is 2.70. The Labute approximate surface area is 290 Å². The maximum Gasteiger partial charge on any atom is 0.264 e. The van der Waals surface area contributed by atoms with E-state index in [-0.39, 0.29) is 29.5 Å². The number of nitrogens with one attached hydrogen (secondary N) is 1. The zero-order valence-corrected chi connectivity index (χ0v) is 29.0. The third kappa shape index (κ3) is 8.70. The van der Waals surface area contributed by atoms with Gasteiger partial charge in [0.2, 0.25) is 11.8 Å². The Morgan fingerprint density at radius 1 is 0.771 bits per heavy atom. The number of benzene rings is 5. The summed E-state index contributed by atoms with van der Waals surface area (Å²) < 4.78 is 36.4. The molecule has 0 unspecified atom stereocenters. The van der Waals surface area contributed by atoms with Gasteiger partial charge in [-0.3, -0.25) is 13.9 Å². The van der Waals surface area contributed by atoms with Crippen molar-refractivity contribution in [1.82, 2.24) is 10.2 Å². The molecule has 0 aliphatic carbocycles. The molecule has 10 heteroatoms. The minimum absolute atomic E-state index is 0.0381. The Kier molecular flexibility index (Phi) is 11.3. The van der Waals surface area contributed by atoms with Gasteiger partial charge in [-0.25, -0.2) is 8.42 Å².